The van der Waals surface area contributed by atoms with Gasteiger partial charge < -0.3 is 14.2 Å². The fourth-order valence-electron chi connectivity index (χ4n) is 5.89. The van der Waals surface area contributed by atoms with E-state index in [-0.39, 0.29) is 31.6 Å². The van der Waals surface area contributed by atoms with Crippen LogP contribution in [0.15, 0.2) is 97.2 Å². The topological polar surface area (TPSA) is 78.9 Å². The molecule has 0 saturated carbocycles. The molecule has 0 spiro atoms. The Morgan fingerprint density at radius 2 is 0.776 bits per heavy atom. The molecule has 0 aromatic carbocycles. The molecule has 0 bridgehead atoms. The molecule has 0 saturated heterocycles. The van der Waals surface area contributed by atoms with Gasteiger partial charge >= 0.3 is 17.9 Å². The lowest BCUT2D eigenvalue weighted by Crippen LogP contribution is -2.30. The second kappa shape index (κ2) is 46.0. The zero-order valence-electron chi connectivity index (χ0n) is 37.3. The molecule has 0 heterocycles. The Hall–Kier alpha value is -3.67. The third kappa shape index (κ3) is 43.5. The first-order valence-corrected chi connectivity index (χ1v) is 23.3. The molecule has 0 aromatic rings. The van der Waals surface area contributed by atoms with E-state index in [1.165, 1.54) is 57.8 Å². The minimum atomic E-state index is -0.829. The molecule has 0 radical (unpaired) electrons. The van der Waals surface area contributed by atoms with Crippen LogP contribution < -0.4 is 0 Å². The number of allylic oxidation sites excluding steroid dienone is 16. The van der Waals surface area contributed by atoms with Crippen molar-refractivity contribution in [3.8, 4) is 0 Å². The highest BCUT2D eigenvalue weighted by atomic mass is 16.6. The Bertz CT molecular complexity index is 1200. The molecule has 0 fully saturated rings. The van der Waals surface area contributed by atoms with Gasteiger partial charge in [-0.1, -0.05) is 182 Å². The second-order valence-corrected chi connectivity index (χ2v) is 15.0. The van der Waals surface area contributed by atoms with Crippen LogP contribution in [0, 0.1) is 0 Å². The molecule has 1 unspecified atom stereocenters. The average molecular weight is 805 g/mol. The summed E-state index contributed by atoms with van der Waals surface area (Å²) in [5.41, 5.74) is 0. The van der Waals surface area contributed by atoms with Crippen LogP contribution in [0.3, 0.4) is 0 Å². The number of carbonyl (C=O) groups excluding carboxylic acids is 3. The predicted octanol–water partition coefficient (Wildman–Crippen LogP) is 15.0. The van der Waals surface area contributed by atoms with Crippen LogP contribution in [-0.2, 0) is 28.6 Å². The van der Waals surface area contributed by atoms with Gasteiger partial charge in [0.1, 0.15) is 13.2 Å². The summed E-state index contributed by atoms with van der Waals surface area (Å²) >= 11 is 0. The Kier molecular flexibility index (Phi) is 43.1. The smallest absolute Gasteiger partial charge is 0.306 e. The molecule has 328 valence electrons. The normalized spacial score (nSPS) is 12.9. The Morgan fingerprint density at radius 1 is 0.379 bits per heavy atom. The molecule has 0 aliphatic carbocycles. The average Bonchev–Trinajstić information content (AvgIpc) is 3.22. The molecular weight excluding hydrogens is 721 g/mol. The Labute approximate surface area is 356 Å². The predicted molar refractivity (Wildman–Crippen MR) is 247 cm³/mol. The Balaban J connectivity index is 4.50. The highest BCUT2D eigenvalue weighted by Crippen LogP contribution is 2.11. The molecule has 6 heteroatoms. The van der Waals surface area contributed by atoms with Gasteiger partial charge in [-0.15, -0.1) is 0 Å². The van der Waals surface area contributed by atoms with Crippen molar-refractivity contribution in [1.82, 2.24) is 0 Å². The molecule has 0 aliphatic heterocycles. The van der Waals surface area contributed by atoms with Gasteiger partial charge in [-0.2, -0.15) is 0 Å². The molecule has 58 heavy (non-hydrogen) atoms. The van der Waals surface area contributed by atoms with Crippen LogP contribution in [0.25, 0.3) is 0 Å². The Morgan fingerprint density at radius 3 is 1.33 bits per heavy atom. The van der Waals surface area contributed by atoms with Crippen molar-refractivity contribution in [3.05, 3.63) is 97.2 Å². The lowest BCUT2D eigenvalue weighted by molar-refractivity contribution is -0.166. The summed E-state index contributed by atoms with van der Waals surface area (Å²) in [6, 6.07) is 0. The number of unbranched alkanes of at least 4 members (excludes halogenated alkanes) is 16. The van der Waals surface area contributed by atoms with Crippen molar-refractivity contribution in [3.63, 3.8) is 0 Å². The number of ether oxygens (including phenoxy) is 3. The maximum absolute atomic E-state index is 12.7. The zero-order valence-corrected chi connectivity index (χ0v) is 37.3. The lowest BCUT2D eigenvalue weighted by Gasteiger charge is -2.18. The molecule has 0 N–H and O–H groups in total. The number of esters is 3. The van der Waals surface area contributed by atoms with Crippen molar-refractivity contribution in [1.29, 1.82) is 0 Å². The van der Waals surface area contributed by atoms with E-state index in [1.54, 1.807) is 0 Å². The van der Waals surface area contributed by atoms with Crippen LogP contribution in [0.5, 0.6) is 0 Å². The summed E-state index contributed by atoms with van der Waals surface area (Å²) in [4.78, 5) is 37.7. The second-order valence-electron chi connectivity index (χ2n) is 15.0. The fraction of sp³-hybridized carbons (Fsp3) is 0.635. The highest BCUT2D eigenvalue weighted by molar-refractivity contribution is 5.71. The largest absolute Gasteiger partial charge is 0.462 e. The quantitative estimate of drug-likeness (QED) is 0.0202. The summed E-state index contributed by atoms with van der Waals surface area (Å²) in [6.45, 7) is 6.33. The minimum absolute atomic E-state index is 0.124. The van der Waals surface area contributed by atoms with E-state index < -0.39 is 12.1 Å². The zero-order chi connectivity index (χ0) is 42.3. The third-order valence-electron chi connectivity index (χ3n) is 9.40. The first-order valence-electron chi connectivity index (χ1n) is 23.3. The van der Waals surface area contributed by atoms with Gasteiger partial charge in [0.2, 0.25) is 0 Å². The molecule has 0 aromatic heterocycles. The van der Waals surface area contributed by atoms with Crippen LogP contribution in [0.2, 0.25) is 0 Å². The summed E-state index contributed by atoms with van der Waals surface area (Å²) in [5, 5.41) is 0. The van der Waals surface area contributed by atoms with E-state index in [1.807, 2.05) is 6.08 Å². The molecule has 1 atom stereocenters. The van der Waals surface area contributed by atoms with Crippen molar-refractivity contribution in [2.45, 2.75) is 200 Å². The van der Waals surface area contributed by atoms with E-state index in [4.69, 9.17) is 14.2 Å². The van der Waals surface area contributed by atoms with Crippen molar-refractivity contribution >= 4 is 17.9 Å². The van der Waals surface area contributed by atoms with E-state index >= 15 is 0 Å². The lowest BCUT2D eigenvalue weighted by atomic mass is 10.1. The van der Waals surface area contributed by atoms with Crippen LogP contribution in [0.4, 0.5) is 0 Å². The van der Waals surface area contributed by atoms with E-state index in [0.29, 0.717) is 19.3 Å². The fourth-order valence-corrected chi connectivity index (χ4v) is 5.89. The minimum Gasteiger partial charge on any atom is -0.462 e. The van der Waals surface area contributed by atoms with E-state index in [0.717, 1.165) is 89.9 Å². The van der Waals surface area contributed by atoms with Crippen LogP contribution >= 0.6 is 0 Å². The molecule has 0 aliphatic rings. The monoisotopic (exact) mass is 805 g/mol. The highest BCUT2D eigenvalue weighted by Gasteiger charge is 2.19. The molecule has 0 rings (SSSR count). The van der Waals surface area contributed by atoms with Gasteiger partial charge in [-0.3, -0.25) is 14.4 Å². The summed E-state index contributed by atoms with van der Waals surface area (Å²) < 4.78 is 16.6. The van der Waals surface area contributed by atoms with Gasteiger partial charge in [0.05, 0.1) is 0 Å². The molecular formula is C52H84O6. The van der Waals surface area contributed by atoms with Gasteiger partial charge in [-0.05, 0) is 89.9 Å². The number of carbonyl (C=O) groups is 3. The van der Waals surface area contributed by atoms with E-state index in [9.17, 15) is 14.4 Å². The number of hydrogen-bond donors (Lipinski definition) is 0. The maximum Gasteiger partial charge on any atom is 0.306 e. The summed E-state index contributed by atoms with van der Waals surface area (Å²) in [6.07, 6.45) is 59.8. The van der Waals surface area contributed by atoms with Crippen molar-refractivity contribution < 1.29 is 28.6 Å². The van der Waals surface area contributed by atoms with Crippen molar-refractivity contribution in [2.24, 2.45) is 0 Å². The third-order valence-corrected chi connectivity index (χ3v) is 9.40. The van der Waals surface area contributed by atoms with E-state index in [2.05, 4.69) is 112 Å². The first-order chi connectivity index (χ1) is 28.5. The van der Waals surface area contributed by atoms with Crippen molar-refractivity contribution in [2.75, 3.05) is 13.2 Å². The standard InChI is InChI=1S/C52H84O6/c1-4-7-10-13-16-19-21-23-24-25-26-27-29-30-33-36-39-42-45-51(54)57-48-49(47-56-50(53)44-41-38-35-32-18-15-12-9-6-3)58-52(55)46-43-40-37-34-31-28-22-20-17-14-11-8-5-2/h9,12,16,18-19,21,23-28,31-32,37,40,49H,4-8,10-11,13-15,17,20,22,29-30,33-36,38-39,41-48H2,1-3H3/b12-9-,19-16-,23-21-,25-24-,27-26-,31-28-,32-18-,40-37-. The van der Waals surface area contributed by atoms with Gasteiger partial charge in [0.15, 0.2) is 6.10 Å². The molecule has 6 nitrogen and oxygen atoms in total. The summed E-state index contributed by atoms with van der Waals surface area (Å²) in [7, 11) is 0. The van der Waals surface area contributed by atoms with Gasteiger partial charge in [0.25, 0.3) is 0 Å². The number of hydrogen-bond acceptors (Lipinski definition) is 6. The van der Waals surface area contributed by atoms with Gasteiger partial charge in [-0.25, -0.2) is 0 Å². The first kappa shape index (κ1) is 54.3. The summed E-state index contributed by atoms with van der Waals surface area (Å²) in [5.74, 6) is -1.06. The van der Waals surface area contributed by atoms with Crippen LogP contribution in [0.1, 0.15) is 194 Å². The van der Waals surface area contributed by atoms with Crippen LogP contribution in [-0.4, -0.2) is 37.2 Å². The maximum atomic E-state index is 12.7. The van der Waals surface area contributed by atoms with Gasteiger partial charge in [0, 0.05) is 19.3 Å². The molecule has 0 amide bonds. The SMILES string of the molecule is CC/C=C\C/C=C\CCCCC(=O)OCC(COC(=O)CCCCCCC\C=C/C=C\C=C/C=C\CCCCC)OC(=O)CC/C=C\C/C=C\CCCCCCCC. The number of rotatable bonds is 40.